The quantitative estimate of drug-likeness (QED) is 0.796. The number of benzene rings is 1. The van der Waals surface area contributed by atoms with Crippen LogP contribution in [0.25, 0.3) is 0 Å². The van der Waals surface area contributed by atoms with Crippen molar-refractivity contribution < 1.29 is 5.11 Å². The van der Waals surface area contributed by atoms with E-state index in [1.54, 1.807) is 0 Å². The van der Waals surface area contributed by atoms with E-state index in [1.807, 2.05) is 18.2 Å². The molecule has 1 aliphatic carbocycles. The summed E-state index contributed by atoms with van der Waals surface area (Å²) in [6, 6.07) is 10.2. The first-order chi connectivity index (χ1) is 7.74. The van der Waals surface area contributed by atoms with Crippen molar-refractivity contribution in [3.63, 3.8) is 0 Å². The largest absolute Gasteiger partial charge is 0.394 e. The van der Waals surface area contributed by atoms with E-state index in [1.165, 1.54) is 19.3 Å². The smallest absolute Gasteiger partial charge is 0.0652 e. The molecule has 0 aliphatic heterocycles. The monoisotopic (exact) mass is 219 g/mol. The molecule has 0 aromatic heterocycles. The average molecular weight is 219 g/mol. The molecule has 2 rings (SSSR count). The van der Waals surface area contributed by atoms with E-state index in [-0.39, 0.29) is 12.1 Å². The van der Waals surface area contributed by atoms with Crippen molar-refractivity contribution in [3.8, 4) is 0 Å². The Morgan fingerprint density at radius 2 is 2.00 bits per heavy atom. The SMILES string of the molecule is CC(CO)(NCC1CCC1)c1ccccc1. The highest BCUT2D eigenvalue weighted by molar-refractivity contribution is 5.23. The van der Waals surface area contributed by atoms with E-state index in [0.29, 0.717) is 0 Å². The molecule has 2 nitrogen and oxygen atoms in total. The number of aliphatic hydroxyl groups is 1. The highest BCUT2D eigenvalue weighted by Gasteiger charge is 2.27. The summed E-state index contributed by atoms with van der Waals surface area (Å²) in [4.78, 5) is 0. The van der Waals surface area contributed by atoms with Crippen LogP contribution in [0.2, 0.25) is 0 Å². The molecule has 0 heterocycles. The van der Waals surface area contributed by atoms with E-state index in [4.69, 9.17) is 0 Å². The maximum atomic E-state index is 9.58. The number of rotatable bonds is 5. The predicted molar refractivity (Wildman–Crippen MR) is 66.2 cm³/mol. The van der Waals surface area contributed by atoms with E-state index in [9.17, 15) is 5.11 Å². The van der Waals surface area contributed by atoms with Crippen molar-refractivity contribution in [3.05, 3.63) is 35.9 Å². The van der Waals surface area contributed by atoms with Gasteiger partial charge in [-0.05, 0) is 37.8 Å². The lowest BCUT2D eigenvalue weighted by Crippen LogP contribution is -2.45. The summed E-state index contributed by atoms with van der Waals surface area (Å²) < 4.78 is 0. The van der Waals surface area contributed by atoms with Gasteiger partial charge in [0.2, 0.25) is 0 Å². The molecule has 1 fully saturated rings. The predicted octanol–water partition coefficient (Wildman–Crippen LogP) is 2.28. The standard InChI is InChI=1S/C14H21NO/c1-14(11-16,13-8-3-2-4-9-13)15-10-12-6-5-7-12/h2-4,8-9,12,15-16H,5-7,10-11H2,1H3. The Hall–Kier alpha value is -0.860. The summed E-state index contributed by atoms with van der Waals surface area (Å²) in [6.45, 7) is 3.23. The fourth-order valence-corrected chi connectivity index (χ4v) is 2.12. The molecule has 0 radical (unpaired) electrons. The van der Waals surface area contributed by atoms with Crippen LogP contribution in [-0.4, -0.2) is 18.3 Å². The minimum Gasteiger partial charge on any atom is -0.394 e. The second-order valence-electron chi connectivity index (χ2n) is 5.03. The number of hydrogen-bond acceptors (Lipinski definition) is 2. The van der Waals surface area contributed by atoms with Gasteiger partial charge in [-0.3, -0.25) is 0 Å². The van der Waals surface area contributed by atoms with E-state index in [0.717, 1.165) is 18.0 Å². The highest BCUT2D eigenvalue weighted by Crippen LogP contribution is 2.27. The zero-order valence-electron chi connectivity index (χ0n) is 9.95. The van der Waals surface area contributed by atoms with Crippen LogP contribution in [0.3, 0.4) is 0 Å². The van der Waals surface area contributed by atoms with Crippen LogP contribution < -0.4 is 5.32 Å². The zero-order chi connectivity index (χ0) is 11.4. The molecule has 1 atom stereocenters. The van der Waals surface area contributed by atoms with Gasteiger partial charge in [-0.25, -0.2) is 0 Å². The Balaban J connectivity index is 2.00. The van der Waals surface area contributed by atoms with Gasteiger partial charge < -0.3 is 10.4 Å². The lowest BCUT2D eigenvalue weighted by Gasteiger charge is -2.34. The van der Waals surface area contributed by atoms with Crippen LogP contribution in [-0.2, 0) is 5.54 Å². The Morgan fingerprint density at radius 1 is 1.31 bits per heavy atom. The maximum absolute atomic E-state index is 9.58. The average Bonchev–Trinajstić information content (AvgIpc) is 2.28. The Morgan fingerprint density at radius 3 is 2.50 bits per heavy atom. The van der Waals surface area contributed by atoms with Gasteiger partial charge in [-0.2, -0.15) is 0 Å². The third-order valence-electron chi connectivity index (χ3n) is 3.73. The topological polar surface area (TPSA) is 32.3 Å². The van der Waals surface area contributed by atoms with Crippen molar-refractivity contribution in [1.82, 2.24) is 5.32 Å². The third-order valence-corrected chi connectivity index (χ3v) is 3.73. The normalized spacial score (nSPS) is 20.1. The van der Waals surface area contributed by atoms with Crippen molar-refractivity contribution in [1.29, 1.82) is 0 Å². The molecule has 88 valence electrons. The fourth-order valence-electron chi connectivity index (χ4n) is 2.12. The molecule has 2 heteroatoms. The second-order valence-corrected chi connectivity index (χ2v) is 5.03. The number of hydrogen-bond donors (Lipinski definition) is 2. The van der Waals surface area contributed by atoms with E-state index >= 15 is 0 Å². The van der Waals surface area contributed by atoms with Crippen LogP contribution in [0.5, 0.6) is 0 Å². The zero-order valence-corrected chi connectivity index (χ0v) is 9.95. The van der Waals surface area contributed by atoms with Crippen LogP contribution in [0.4, 0.5) is 0 Å². The first-order valence-corrected chi connectivity index (χ1v) is 6.16. The minimum absolute atomic E-state index is 0.143. The second kappa shape index (κ2) is 4.98. The number of aliphatic hydroxyl groups excluding tert-OH is 1. The van der Waals surface area contributed by atoms with Gasteiger partial charge in [0, 0.05) is 0 Å². The molecule has 16 heavy (non-hydrogen) atoms. The fraction of sp³-hybridized carbons (Fsp3) is 0.571. The van der Waals surface area contributed by atoms with Crippen molar-refractivity contribution >= 4 is 0 Å². The molecular weight excluding hydrogens is 198 g/mol. The third kappa shape index (κ3) is 2.45. The summed E-state index contributed by atoms with van der Waals surface area (Å²) in [5, 5.41) is 13.1. The van der Waals surface area contributed by atoms with Gasteiger partial charge in [-0.15, -0.1) is 0 Å². The van der Waals surface area contributed by atoms with Gasteiger partial charge >= 0.3 is 0 Å². The first kappa shape index (κ1) is 11.6. The summed E-state index contributed by atoms with van der Waals surface area (Å²) in [5.41, 5.74) is 0.869. The summed E-state index contributed by atoms with van der Waals surface area (Å²) in [6.07, 6.45) is 4.04. The highest BCUT2D eigenvalue weighted by atomic mass is 16.3. The Labute approximate surface area is 97.7 Å². The van der Waals surface area contributed by atoms with Crippen molar-refractivity contribution in [2.45, 2.75) is 31.7 Å². The number of nitrogens with one attached hydrogen (secondary N) is 1. The molecule has 0 saturated heterocycles. The van der Waals surface area contributed by atoms with E-state index < -0.39 is 0 Å². The Bertz CT molecular complexity index is 321. The minimum atomic E-state index is -0.295. The molecule has 0 bridgehead atoms. The molecule has 1 unspecified atom stereocenters. The molecular formula is C14H21NO. The van der Waals surface area contributed by atoms with Crippen LogP contribution in [0, 0.1) is 5.92 Å². The Kier molecular flexibility index (Phi) is 3.62. The van der Waals surface area contributed by atoms with Gasteiger partial charge in [0.15, 0.2) is 0 Å². The van der Waals surface area contributed by atoms with Crippen LogP contribution in [0.15, 0.2) is 30.3 Å². The van der Waals surface area contributed by atoms with Gasteiger partial charge in [0.05, 0.1) is 12.1 Å². The molecule has 1 aliphatic rings. The summed E-state index contributed by atoms with van der Waals surface area (Å²) in [5.74, 6) is 0.814. The molecule has 0 spiro atoms. The van der Waals surface area contributed by atoms with Crippen LogP contribution in [0.1, 0.15) is 31.7 Å². The maximum Gasteiger partial charge on any atom is 0.0652 e. The summed E-state index contributed by atoms with van der Waals surface area (Å²) in [7, 11) is 0. The van der Waals surface area contributed by atoms with Gasteiger partial charge in [0.25, 0.3) is 0 Å². The summed E-state index contributed by atoms with van der Waals surface area (Å²) >= 11 is 0. The van der Waals surface area contributed by atoms with Gasteiger partial charge in [-0.1, -0.05) is 36.8 Å². The van der Waals surface area contributed by atoms with E-state index in [2.05, 4.69) is 24.4 Å². The molecule has 1 aromatic carbocycles. The lowest BCUT2D eigenvalue weighted by molar-refractivity contribution is 0.158. The van der Waals surface area contributed by atoms with Crippen molar-refractivity contribution in [2.24, 2.45) is 5.92 Å². The molecule has 0 amide bonds. The lowest BCUT2D eigenvalue weighted by atomic mass is 9.84. The molecule has 1 saturated carbocycles. The first-order valence-electron chi connectivity index (χ1n) is 6.16. The van der Waals surface area contributed by atoms with Crippen LogP contribution >= 0.6 is 0 Å². The van der Waals surface area contributed by atoms with Crippen molar-refractivity contribution in [2.75, 3.05) is 13.2 Å². The molecule has 1 aromatic rings. The van der Waals surface area contributed by atoms with Gasteiger partial charge in [0.1, 0.15) is 0 Å². The molecule has 2 N–H and O–H groups in total.